The topological polar surface area (TPSA) is 77.2 Å². The summed E-state index contributed by atoms with van der Waals surface area (Å²) in [4.78, 5) is 15.1. The molecule has 0 aliphatic rings. The highest BCUT2D eigenvalue weighted by molar-refractivity contribution is 5.84. The number of aromatic nitrogens is 2. The van der Waals surface area contributed by atoms with Gasteiger partial charge in [-0.2, -0.15) is 4.98 Å². The molecule has 0 saturated heterocycles. The van der Waals surface area contributed by atoms with Gasteiger partial charge in [0.25, 0.3) is 5.82 Å². The smallest absolute Gasteiger partial charge is 0.379 e. The number of ether oxygens (including phenoxy) is 1. The van der Waals surface area contributed by atoms with Gasteiger partial charge in [-0.15, -0.1) is 0 Å². The molecule has 90 valence electrons. The summed E-state index contributed by atoms with van der Waals surface area (Å²) < 4.78 is 9.63. The third kappa shape index (κ3) is 3.98. The summed E-state index contributed by atoms with van der Waals surface area (Å²) in [6.45, 7) is 7.55. The van der Waals surface area contributed by atoms with Crippen molar-refractivity contribution in [3.8, 4) is 0 Å². The summed E-state index contributed by atoms with van der Waals surface area (Å²) in [5.41, 5.74) is 0. The molecule has 1 aromatic rings. The second-order valence-electron chi connectivity index (χ2n) is 3.76. The minimum Gasteiger partial charge on any atom is -0.460 e. The van der Waals surface area contributed by atoms with Gasteiger partial charge in [0.2, 0.25) is 5.89 Å². The van der Waals surface area contributed by atoms with Gasteiger partial charge in [-0.05, 0) is 24.5 Å². The van der Waals surface area contributed by atoms with Crippen LogP contribution in [0.2, 0.25) is 0 Å². The molecule has 6 nitrogen and oxygen atoms in total. The van der Waals surface area contributed by atoms with Crippen LogP contribution in [-0.4, -0.2) is 29.3 Å². The molecule has 1 rings (SSSR count). The van der Waals surface area contributed by atoms with Crippen molar-refractivity contribution >= 4 is 5.97 Å². The molecule has 0 radical (unpaired) electrons. The van der Waals surface area contributed by atoms with E-state index in [1.807, 2.05) is 0 Å². The first-order valence-electron chi connectivity index (χ1n) is 5.34. The van der Waals surface area contributed by atoms with Crippen molar-refractivity contribution in [2.24, 2.45) is 5.92 Å². The van der Waals surface area contributed by atoms with Gasteiger partial charge >= 0.3 is 5.97 Å². The second kappa shape index (κ2) is 6.22. The van der Waals surface area contributed by atoms with Crippen molar-refractivity contribution in [2.45, 2.75) is 27.3 Å². The van der Waals surface area contributed by atoms with E-state index >= 15 is 0 Å². The zero-order chi connectivity index (χ0) is 12.0. The van der Waals surface area contributed by atoms with E-state index in [-0.39, 0.29) is 5.82 Å². The number of hydrogen-bond acceptors (Lipinski definition) is 6. The fraction of sp³-hybridized carbons (Fsp3) is 0.700. The van der Waals surface area contributed by atoms with Crippen LogP contribution in [0.3, 0.4) is 0 Å². The number of hydrogen-bond donors (Lipinski definition) is 1. The molecular weight excluding hydrogens is 210 g/mol. The lowest BCUT2D eigenvalue weighted by Crippen LogP contribution is -2.19. The van der Waals surface area contributed by atoms with E-state index in [0.29, 0.717) is 25.0 Å². The lowest BCUT2D eigenvalue weighted by Gasteiger charge is -2.03. The Kier molecular flexibility index (Phi) is 4.91. The number of esters is 1. The third-order valence-electron chi connectivity index (χ3n) is 1.75. The van der Waals surface area contributed by atoms with Crippen molar-refractivity contribution in [2.75, 3.05) is 13.2 Å². The highest BCUT2D eigenvalue weighted by Gasteiger charge is 2.14. The van der Waals surface area contributed by atoms with E-state index in [1.54, 1.807) is 6.92 Å². The largest absolute Gasteiger partial charge is 0.460 e. The van der Waals surface area contributed by atoms with Crippen LogP contribution in [0.4, 0.5) is 0 Å². The minimum absolute atomic E-state index is 0.0248. The van der Waals surface area contributed by atoms with Crippen LogP contribution in [0, 0.1) is 5.92 Å². The molecule has 1 N–H and O–H groups in total. The third-order valence-corrected chi connectivity index (χ3v) is 1.75. The van der Waals surface area contributed by atoms with E-state index in [9.17, 15) is 4.79 Å². The lowest BCUT2D eigenvalue weighted by molar-refractivity contribution is 0.0508. The maximum atomic E-state index is 11.2. The van der Waals surface area contributed by atoms with Crippen molar-refractivity contribution in [3.63, 3.8) is 0 Å². The van der Waals surface area contributed by atoms with Crippen LogP contribution in [0.1, 0.15) is 37.3 Å². The average molecular weight is 227 g/mol. The molecule has 0 aromatic carbocycles. The quantitative estimate of drug-likeness (QED) is 0.730. The lowest BCUT2D eigenvalue weighted by atomic mass is 10.2. The molecule has 0 unspecified atom stereocenters. The second-order valence-corrected chi connectivity index (χ2v) is 3.76. The van der Waals surface area contributed by atoms with Crippen LogP contribution in [-0.2, 0) is 11.3 Å². The van der Waals surface area contributed by atoms with Gasteiger partial charge in [-0.25, -0.2) is 4.79 Å². The van der Waals surface area contributed by atoms with E-state index < -0.39 is 5.97 Å². The van der Waals surface area contributed by atoms with E-state index in [4.69, 9.17) is 9.26 Å². The summed E-state index contributed by atoms with van der Waals surface area (Å²) in [6, 6.07) is 0. The van der Waals surface area contributed by atoms with Gasteiger partial charge in [-0.3, -0.25) is 0 Å². The molecule has 0 aliphatic carbocycles. The number of nitrogens with zero attached hydrogens (tertiary/aromatic N) is 2. The van der Waals surface area contributed by atoms with Gasteiger partial charge in [-0.1, -0.05) is 13.8 Å². The maximum Gasteiger partial charge on any atom is 0.379 e. The number of carbonyl (C=O) groups is 1. The molecule has 0 amide bonds. The van der Waals surface area contributed by atoms with Crippen LogP contribution in [0.25, 0.3) is 0 Å². The molecule has 0 saturated carbocycles. The Labute approximate surface area is 94.4 Å². The summed E-state index contributed by atoms with van der Waals surface area (Å²) in [7, 11) is 0. The molecule has 0 aliphatic heterocycles. The standard InChI is InChI=1S/C10H17N3O3/c1-4-15-10(14)9-12-8(16-13-9)6-11-5-7(2)3/h7,11H,4-6H2,1-3H3. The molecule has 6 heteroatoms. The highest BCUT2D eigenvalue weighted by atomic mass is 16.5. The fourth-order valence-corrected chi connectivity index (χ4v) is 1.07. The van der Waals surface area contributed by atoms with Crippen LogP contribution >= 0.6 is 0 Å². The first-order chi connectivity index (χ1) is 7.63. The van der Waals surface area contributed by atoms with Gasteiger partial charge < -0.3 is 14.6 Å². The van der Waals surface area contributed by atoms with Gasteiger partial charge in [0, 0.05) is 0 Å². The van der Waals surface area contributed by atoms with Crippen molar-refractivity contribution < 1.29 is 14.1 Å². The Morgan fingerprint density at radius 1 is 1.56 bits per heavy atom. The predicted molar refractivity (Wildman–Crippen MR) is 56.8 cm³/mol. The maximum absolute atomic E-state index is 11.2. The Hall–Kier alpha value is -1.43. The predicted octanol–water partition coefficient (Wildman–Crippen LogP) is 0.992. The van der Waals surface area contributed by atoms with Crippen molar-refractivity contribution in [1.82, 2.24) is 15.5 Å². The Morgan fingerprint density at radius 2 is 2.31 bits per heavy atom. The fourth-order valence-electron chi connectivity index (χ4n) is 1.07. The molecule has 1 aromatic heterocycles. The zero-order valence-electron chi connectivity index (χ0n) is 9.82. The minimum atomic E-state index is -0.554. The number of rotatable bonds is 6. The van der Waals surface area contributed by atoms with Crippen LogP contribution in [0.15, 0.2) is 4.52 Å². The van der Waals surface area contributed by atoms with Crippen LogP contribution in [0.5, 0.6) is 0 Å². The molecule has 16 heavy (non-hydrogen) atoms. The highest BCUT2D eigenvalue weighted by Crippen LogP contribution is 1.99. The van der Waals surface area contributed by atoms with E-state index in [2.05, 4.69) is 29.3 Å². The van der Waals surface area contributed by atoms with Crippen molar-refractivity contribution in [3.05, 3.63) is 11.7 Å². The summed E-state index contributed by atoms with van der Waals surface area (Å²) in [5.74, 6) is 0.362. The Morgan fingerprint density at radius 3 is 2.94 bits per heavy atom. The molecule has 0 bridgehead atoms. The summed E-state index contributed by atoms with van der Waals surface area (Å²) in [5, 5.41) is 6.67. The SMILES string of the molecule is CCOC(=O)c1noc(CNCC(C)C)n1. The average Bonchev–Trinajstić information content (AvgIpc) is 2.66. The van der Waals surface area contributed by atoms with E-state index in [1.165, 1.54) is 0 Å². The summed E-state index contributed by atoms with van der Waals surface area (Å²) >= 11 is 0. The first-order valence-corrected chi connectivity index (χ1v) is 5.34. The monoisotopic (exact) mass is 227 g/mol. The van der Waals surface area contributed by atoms with Crippen LogP contribution < -0.4 is 5.32 Å². The van der Waals surface area contributed by atoms with Gasteiger partial charge in [0.1, 0.15) is 0 Å². The molecule has 0 fully saturated rings. The zero-order valence-corrected chi connectivity index (χ0v) is 9.82. The Bertz CT molecular complexity index is 336. The number of carbonyl (C=O) groups excluding carboxylic acids is 1. The van der Waals surface area contributed by atoms with Gasteiger partial charge in [0.05, 0.1) is 13.2 Å². The molecule has 0 atom stereocenters. The molecular formula is C10H17N3O3. The van der Waals surface area contributed by atoms with Crippen molar-refractivity contribution in [1.29, 1.82) is 0 Å². The Balaban J connectivity index is 2.42. The first kappa shape index (κ1) is 12.6. The van der Waals surface area contributed by atoms with Gasteiger partial charge in [0.15, 0.2) is 0 Å². The van der Waals surface area contributed by atoms with E-state index in [0.717, 1.165) is 6.54 Å². The number of nitrogens with one attached hydrogen (secondary N) is 1. The molecule has 1 heterocycles. The molecule has 0 spiro atoms. The summed E-state index contributed by atoms with van der Waals surface area (Å²) in [6.07, 6.45) is 0. The normalized spacial score (nSPS) is 10.8.